The van der Waals surface area contributed by atoms with Crippen molar-refractivity contribution in [1.29, 1.82) is 0 Å². The van der Waals surface area contributed by atoms with Crippen LogP contribution in [0.3, 0.4) is 0 Å². The molecule has 1 amide bonds. The molecule has 6 nitrogen and oxygen atoms in total. The lowest BCUT2D eigenvalue weighted by molar-refractivity contribution is 0.0759. The van der Waals surface area contributed by atoms with Crippen LogP contribution >= 0.6 is 23.2 Å². The molecule has 0 aliphatic heterocycles. The summed E-state index contributed by atoms with van der Waals surface area (Å²) in [6, 6.07) is 13.7. The Morgan fingerprint density at radius 3 is 2.50 bits per heavy atom. The number of halogens is 2. The molecule has 0 spiro atoms. The lowest BCUT2D eigenvalue weighted by Gasteiger charge is -2.23. The Hall–Kier alpha value is -2.61. The van der Waals surface area contributed by atoms with Crippen LogP contribution in [0.1, 0.15) is 35.5 Å². The van der Waals surface area contributed by atoms with Crippen LogP contribution in [0, 0.1) is 5.92 Å². The minimum absolute atomic E-state index is 0.00409. The second kappa shape index (κ2) is 11.2. The number of amides is 1. The van der Waals surface area contributed by atoms with E-state index >= 15 is 0 Å². The zero-order chi connectivity index (χ0) is 24.9. The number of nitrogens with zero attached hydrogens (tertiary/aromatic N) is 3. The van der Waals surface area contributed by atoms with Gasteiger partial charge in [0.1, 0.15) is 0 Å². The summed E-state index contributed by atoms with van der Waals surface area (Å²) in [4.78, 5) is 19.1. The van der Waals surface area contributed by atoms with Crippen molar-refractivity contribution in [3.8, 4) is 0 Å². The number of carbonyl (C=O) groups is 1. The maximum Gasteiger partial charge on any atom is 0.256 e. The maximum atomic E-state index is 13.3. The first-order valence-corrected chi connectivity index (χ1v) is 13.2. The van der Waals surface area contributed by atoms with Crippen molar-refractivity contribution >= 4 is 38.9 Å². The van der Waals surface area contributed by atoms with E-state index in [0.29, 0.717) is 28.4 Å². The number of carbonyl (C=O) groups excluding carboxylic acids is 1. The third-order valence-electron chi connectivity index (χ3n) is 5.08. The molecule has 3 rings (SSSR count). The largest absolute Gasteiger partial charge is 0.329 e. The molecule has 0 fully saturated rings. The molecule has 0 aliphatic rings. The highest BCUT2D eigenvalue weighted by Gasteiger charge is 2.26. The minimum Gasteiger partial charge on any atom is -0.329 e. The van der Waals surface area contributed by atoms with Crippen LogP contribution in [0.2, 0.25) is 10.0 Å². The topological polar surface area (TPSA) is 72.3 Å². The fraction of sp³-hybridized carbons (Fsp3) is 0.280. The van der Waals surface area contributed by atoms with Crippen molar-refractivity contribution in [3.05, 3.63) is 94.2 Å². The Morgan fingerprint density at radius 2 is 1.88 bits per heavy atom. The zero-order valence-electron chi connectivity index (χ0n) is 19.1. The Labute approximate surface area is 210 Å². The van der Waals surface area contributed by atoms with Gasteiger partial charge in [0.15, 0.2) is 0 Å². The number of sulfone groups is 1. The van der Waals surface area contributed by atoms with Gasteiger partial charge in [-0.05, 0) is 29.7 Å². The van der Waals surface area contributed by atoms with Crippen LogP contribution in [0.25, 0.3) is 0 Å². The Balaban J connectivity index is 1.96. The first-order chi connectivity index (χ1) is 16.1. The van der Waals surface area contributed by atoms with E-state index in [9.17, 15) is 13.2 Å². The SMILES string of the molecule is C=CCN(Cc1cnc(S(=O)(=O)Cc2ccccc2)n1CC(C)C)C(=O)c1ccc(Cl)cc1Cl. The molecule has 9 heteroatoms. The molecule has 0 unspecified atom stereocenters. The van der Waals surface area contributed by atoms with E-state index in [4.69, 9.17) is 23.2 Å². The molecule has 3 aromatic rings. The van der Waals surface area contributed by atoms with Crippen LogP contribution in [0.15, 0.2) is 72.5 Å². The molecular weight excluding hydrogens is 493 g/mol. The summed E-state index contributed by atoms with van der Waals surface area (Å²) in [5.74, 6) is -0.307. The van der Waals surface area contributed by atoms with Crippen LogP contribution in [-0.2, 0) is 28.7 Å². The van der Waals surface area contributed by atoms with Crippen molar-refractivity contribution in [1.82, 2.24) is 14.5 Å². The van der Waals surface area contributed by atoms with Gasteiger partial charge in [0.05, 0.1) is 34.8 Å². The molecule has 0 saturated carbocycles. The van der Waals surface area contributed by atoms with Gasteiger partial charge in [-0.15, -0.1) is 6.58 Å². The molecule has 34 heavy (non-hydrogen) atoms. The van der Waals surface area contributed by atoms with Crippen molar-refractivity contribution in [2.24, 2.45) is 5.92 Å². The van der Waals surface area contributed by atoms with Crippen molar-refractivity contribution in [2.75, 3.05) is 6.54 Å². The Morgan fingerprint density at radius 1 is 1.18 bits per heavy atom. The normalized spacial score (nSPS) is 11.6. The zero-order valence-corrected chi connectivity index (χ0v) is 21.4. The molecule has 0 saturated heterocycles. The molecule has 1 heterocycles. The summed E-state index contributed by atoms with van der Waals surface area (Å²) in [5, 5.41) is 0.670. The van der Waals surface area contributed by atoms with Gasteiger partial charge >= 0.3 is 0 Å². The number of aromatic nitrogens is 2. The first-order valence-electron chi connectivity index (χ1n) is 10.8. The average Bonchev–Trinajstić information content (AvgIpc) is 3.16. The van der Waals surface area contributed by atoms with E-state index < -0.39 is 9.84 Å². The van der Waals surface area contributed by atoms with E-state index in [1.165, 1.54) is 12.3 Å². The van der Waals surface area contributed by atoms with Gasteiger partial charge in [0.25, 0.3) is 5.91 Å². The van der Waals surface area contributed by atoms with Crippen LogP contribution in [0.4, 0.5) is 0 Å². The van der Waals surface area contributed by atoms with E-state index in [1.54, 1.807) is 51.9 Å². The number of imidazole rings is 1. The lowest BCUT2D eigenvalue weighted by atomic mass is 10.2. The van der Waals surface area contributed by atoms with Gasteiger partial charge in [-0.1, -0.05) is 73.5 Å². The standard InChI is InChI=1S/C25H27Cl2N3O3S/c1-4-12-29(24(31)22-11-10-20(26)13-23(22)27)16-21-14-28-25(30(21)15-18(2)3)34(32,33)17-19-8-6-5-7-9-19/h4-11,13-14,18H,1,12,15-17H2,2-3H3. The smallest absolute Gasteiger partial charge is 0.256 e. The van der Waals surface area contributed by atoms with E-state index in [-0.39, 0.29) is 40.8 Å². The highest BCUT2D eigenvalue weighted by Crippen LogP contribution is 2.24. The molecule has 1 aromatic heterocycles. The van der Waals surface area contributed by atoms with E-state index in [0.717, 1.165) is 0 Å². The summed E-state index contributed by atoms with van der Waals surface area (Å²) < 4.78 is 28.2. The van der Waals surface area contributed by atoms with Crippen molar-refractivity contribution in [3.63, 3.8) is 0 Å². The lowest BCUT2D eigenvalue weighted by Crippen LogP contribution is -2.32. The summed E-state index contributed by atoms with van der Waals surface area (Å²) in [6.07, 6.45) is 3.13. The predicted octanol–water partition coefficient (Wildman–Crippen LogP) is 5.65. The monoisotopic (exact) mass is 519 g/mol. The van der Waals surface area contributed by atoms with Gasteiger partial charge < -0.3 is 9.47 Å². The molecule has 0 aliphatic carbocycles. The predicted molar refractivity (Wildman–Crippen MR) is 136 cm³/mol. The third kappa shape index (κ3) is 6.29. The fourth-order valence-corrected chi connectivity index (χ4v) is 5.58. The van der Waals surface area contributed by atoms with Crippen molar-refractivity contribution in [2.45, 2.75) is 37.8 Å². The van der Waals surface area contributed by atoms with E-state index in [2.05, 4.69) is 11.6 Å². The quantitative estimate of drug-likeness (QED) is 0.324. The Kier molecular flexibility index (Phi) is 8.57. The number of hydrogen-bond acceptors (Lipinski definition) is 4. The first kappa shape index (κ1) is 26.0. The minimum atomic E-state index is -3.71. The highest BCUT2D eigenvalue weighted by atomic mass is 35.5. The van der Waals surface area contributed by atoms with Gasteiger partial charge in [0.2, 0.25) is 15.0 Å². The second-order valence-corrected chi connectivity index (χ2v) is 11.1. The number of benzene rings is 2. The average molecular weight is 520 g/mol. The van der Waals surface area contributed by atoms with Gasteiger partial charge in [-0.25, -0.2) is 13.4 Å². The van der Waals surface area contributed by atoms with Crippen molar-refractivity contribution < 1.29 is 13.2 Å². The molecule has 0 radical (unpaired) electrons. The maximum absolute atomic E-state index is 13.3. The molecule has 0 N–H and O–H groups in total. The van der Waals surface area contributed by atoms with Crippen LogP contribution < -0.4 is 0 Å². The fourth-order valence-electron chi connectivity index (χ4n) is 3.59. The summed E-state index contributed by atoms with van der Waals surface area (Å²) in [6.45, 7) is 8.58. The highest BCUT2D eigenvalue weighted by molar-refractivity contribution is 7.90. The van der Waals surface area contributed by atoms with Gasteiger partial charge in [-0.2, -0.15) is 0 Å². The van der Waals surface area contributed by atoms with Crippen LogP contribution in [0.5, 0.6) is 0 Å². The van der Waals surface area contributed by atoms with Gasteiger partial charge in [0, 0.05) is 18.1 Å². The van der Waals surface area contributed by atoms with Crippen LogP contribution in [-0.4, -0.2) is 35.3 Å². The summed E-state index contributed by atoms with van der Waals surface area (Å²) >= 11 is 12.2. The Bertz CT molecular complexity index is 1270. The summed E-state index contributed by atoms with van der Waals surface area (Å²) in [5.41, 5.74) is 1.60. The van der Waals surface area contributed by atoms with E-state index in [1.807, 2.05) is 19.9 Å². The summed E-state index contributed by atoms with van der Waals surface area (Å²) in [7, 11) is -3.71. The third-order valence-corrected chi connectivity index (χ3v) is 7.22. The van der Waals surface area contributed by atoms with Gasteiger partial charge in [-0.3, -0.25) is 4.79 Å². The molecular formula is C25H27Cl2N3O3S. The molecule has 180 valence electrons. The second-order valence-electron chi connectivity index (χ2n) is 8.38. The molecule has 0 atom stereocenters. The molecule has 0 bridgehead atoms. The molecule has 2 aromatic carbocycles. The number of rotatable bonds is 10. The number of hydrogen-bond donors (Lipinski definition) is 0.